The summed E-state index contributed by atoms with van der Waals surface area (Å²) >= 11 is 0. The highest BCUT2D eigenvalue weighted by molar-refractivity contribution is 5.98. The molecular weight excluding hydrogens is 436 g/mol. The van der Waals surface area contributed by atoms with Gasteiger partial charge in [-0.1, -0.05) is 49.8 Å². The van der Waals surface area contributed by atoms with Gasteiger partial charge in [0.2, 0.25) is 11.8 Å². The van der Waals surface area contributed by atoms with Crippen LogP contribution < -0.4 is 0 Å². The molecule has 0 saturated carbocycles. The third-order valence-electron chi connectivity index (χ3n) is 7.62. The molecule has 3 aliphatic heterocycles. The average Bonchev–Trinajstić information content (AvgIpc) is 3.48. The minimum atomic E-state index is -1.18. The summed E-state index contributed by atoms with van der Waals surface area (Å²) in [4.78, 5) is 43.2. The van der Waals surface area contributed by atoms with Crippen molar-refractivity contribution in [3.63, 3.8) is 0 Å². The number of carbonyl (C=O) groups excluding carboxylic acids is 2. The molecule has 8 nitrogen and oxygen atoms in total. The van der Waals surface area contributed by atoms with E-state index in [0.29, 0.717) is 32.4 Å². The molecule has 1 aromatic rings. The maximum atomic E-state index is 14.0. The number of benzene rings is 1. The van der Waals surface area contributed by atoms with E-state index in [1.807, 2.05) is 37.3 Å². The Hall–Kier alpha value is -2.71. The molecular formula is C26H34N2O6. The van der Waals surface area contributed by atoms with E-state index in [-0.39, 0.29) is 12.5 Å². The summed E-state index contributed by atoms with van der Waals surface area (Å²) in [6.45, 7) is 6.31. The molecule has 2 bridgehead atoms. The van der Waals surface area contributed by atoms with Crippen LogP contribution in [0.1, 0.15) is 38.2 Å². The smallest absolute Gasteiger partial charge is 0.310 e. The van der Waals surface area contributed by atoms with Gasteiger partial charge in [-0.25, -0.2) is 0 Å². The number of aliphatic hydroxyl groups is 1. The molecule has 1 spiro atoms. The first kappa shape index (κ1) is 24.4. The van der Waals surface area contributed by atoms with Gasteiger partial charge in [-0.15, -0.1) is 6.58 Å². The number of amides is 2. The van der Waals surface area contributed by atoms with Crippen LogP contribution in [0.4, 0.5) is 0 Å². The van der Waals surface area contributed by atoms with Crippen LogP contribution in [0.15, 0.2) is 43.0 Å². The molecule has 3 fully saturated rings. The second-order valence-corrected chi connectivity index (χ2v) is 9.59. The van der Waals surface area contributed by atoms with Crippen LogP contribution in [0.3, 0.4) is 0 Å². The molecule has 2 unspecified atom stereocenters. The molecule has 2 amide bonds. The molecule has 0 aromatic heterocycles. The lowest BCUT2D eigenvalue weighted by atomic mass is 9.70. The van der Waals surface area contributed by atoms with Gasteiger partial charge in [0.25, 0.3) is 0 Å². The van der Waals surface area contributed by atoms with Crippen molar-refractivity contribution in [2.24, 2.45) is 11.8 Å². The van der Waals surface area contributed by atoms with Gasteiger partial charge in [-0.05, 0) is 31.2 Å². The zero-order valence-corrected chi connectivity index (χ0v) is 19.6. The monoisotopic (exact) mass is 470 g/mol. The molecule has 1 aromatic carbocycles. The highest BCUT2D eigenvalue weighted by atomic mass is 16.5. The normalized spacial score (nSPS) is 30.3. The molecule has 0 radical (unpaired) electrons. The fourth-order valence-electron chi connectivity index (χ4n) is 6.15. The Kier molecular flexibility index (Phi) is 7.09. The second-order valence-electron chi connectivity index (χ2n) is 9.59. The van der Waals surface area contributed by atoms with Gasteiger partial charge < -0.3 is 24.7 Å². The van der Waals surface area contributed by atoms with E-state index in [2.05, 4.69) is 6.58 Å². The van der Waals surface area contributed by atoms with Gasteiger partial charge in [-0.3, -0.25) is 14.4 Å². The maximum absolute atomic E-state index is 14.0. The molecule has 2 N–H and O–H groups in total. The summed E-state index contributed by atoms with van der Waals surface area (Å²) in [5, 5.41) is 20.3. The van der Waals surface area contributed by atoms with Gasteiger partial charge in [0.15, 0.2) is 0 Å². The first-order chi connectivity index (χ1) is 16.4. The Morgan fingerprint density at radius 1 is 1.35 bits per heavy atom. The third kappa shape index (κ3) is 3.92. The van der Waals surface area contributed by atoms with Crippen molar-refractivity contribution in [2.45, 2.75) is 62.8 Å². The lowest BCUT2D eigenvalue weighted by Crippen LogP contribution is -2.59. The summed E-state index contributed by atoms with van der Waals surface area (Å²) in [6.07, 6.45) is 4.08. The molecule has 3 saturated heterocycles. The number of nitrogens with zero attached hydrogens (tertiary/aromatic N) is 2. The van der Waals surface area contributed by atoms with Crippen molar-refractivity contribution in [2.75, 3.05) is 19.7 Å². The van der Waals surface area contributed by atoms with Crippen LogP contribution in [0.5, 0.6) is 0 Å². The minimum Gasteiger partial charge on any atom is -0.481 e. The number of ether oxygens (including phenoxy) is 1. The van der Waals surface area contributed by atoms with Crippen LogP contribution in [0.25, 0.3) is 0 Å². The van der Waals surface area contributed by atoms with E-state index in [0.717, 1.165) is 18.4 Å². The zero-order chi connectivity index (χ0) is 24.5. The fraction of sp³-hybridized carbons (Fsp3) is 0.577. The topological polar surface area (TPSA) is 107 Å². The van der Waals surface area contributed by atoms with Gasteiger partial charge in [-0.2, -0.15) is 0 Å². The average molecular weight is 471 g/mol. The number of carbonyl (C=O) groups is 3. The Bertz CT molecular complexity index is 936. The number of rotatable bonds is 11. The number of unbranched alkanes of at least 4 members (excludes halogenated alkanes) is 1. The summed E-state index contributed by atoms with van der Waals surface area (Å²) in [6, 6.07) is 7.83. The highest BCUT2D eigenvalue weighted by Gasteiger charge is 2.75. The van der Waals surface area contributed by atoms with Crippen molar-refractivity contribution >= 4 is 17.8 Å². The molecule has 8 heteroatoms. The van der Waals surface area contributed by atoms with Gasteiger partial charge >= 0.3 is 5.97 Å². The van der Waals surface area contributed by atoms with Crippen LogP contribution >= 0.6 is 0 Å². The number of likely N-dealkylation sites (tertiary alicyclic amines) is 1. The maximum Gasteiger partial charge on any atom is 0.310 e. The Morgan fingerprint density at radius 3 is 2.71 bits per heavy atom. The first-order valence-corrected chi connectivity index (χ1v) is 12.2. The van der Waals surface area contributed by atoms with E-state index in [4.69, 9.17) is 4.74 Å². The molecule has 3 aliphatic rings. The molecule has 184 valence electrons. The lowest BCUT2D eigenvalue weighted by Gasteiger charge is -2.39. The summed E-state index contributed by atoms with van der Waals surface area (Å²) in [5.74, 6) is -3.66. The van der Waals surface area contributed by atoms with Crippen molar-refractivity contribution in [1.29, 1.82) is 0 Å². The SMILES string of the molecule is C=CCN(CCCC)C(=O)C1N([C@@H](CO)Cc2ccccc2)C(=O)[C@@H]2[C@H](C(=O)O)[C@@H]3CCC12O3. The van der Waals surface area contributed by atoms with Crippen LogP contribution in [0.2, 0.25) is 0 Å². The molecule has 3 heterocycles. The highest BCUT2D eigenvalue weighted by Crippen LogP contribution is 2.59. The Balaban J connectivity index is 1.76. The predicted octanol–water partition coefficient (Wildman–Crippen LogP) is 1.86. The van der Waals surface area contributed by atoms with E-state index in [1.54, 1.807) is 11.0 Å². The van der Waals surface area contributed by atoms with E-state index >= 15 is 0 Å². The van der Waals surface area contributed by atoms with Crippen LogP contribution in [-0.2, 0) is 25.5 Å². The lowest BCUT2D eigenvalue weighted by molar-refractivity contribution is -0.153. The molecule has 6 atom stereocenters. The largest absolute Gasteiger partial charge is 0.481 e. The number of carboxylic acids is 1. The third-order valence-corrected chi connectivity index (χ3v) is 7.62. The number of carboxylic acid groups (broad SMARTS) is 1. The first-order valence-electron chi connectivity index (χ1n) is 12.2. The number of fused-ring (bicyclic) bond motifs is 1. The summed E-state index contributed by atoms with van der Waals surface area (Å²) < 4.78 is 6.27. The Labute approximate surface area is 200 Å². The second kappa shape index (κ2) is 9.88. The summed E-state index contributed by atoms with van der Waals surface area (Å²) in [5.41, 5.74) is -0.262. The van der Waals surface area contributed by atoms with Gasteiger partial charge in [0, 0.05) is 13.1 Å². The number of aliphatic hydroxyl groups excluding tert-OH is 1. The molecule has 34 heavy (non-hydrogen) atoms. The minimum absolute atomic E-state index is 0.262. The molecule has 4 rings (SSSR count). The van der Waals surface area contributed by atoms with E-state index in [9.17, 15) is 24.6 Å². The standard InChI is InChI=1S/C26H34N2O6/c1-3-5-14-27(13-4-2)24(31)22-26-12-11-19(34-26)20(25(32)33)21(26)23(30)28(22)18(16-29)15-17-9-7-6-8-10-17/h4,6-10,18-22,29H,2-3,5,11-16H2,1H3,(H,32,33)/t18-,19+,20-,21+,22?,26?/m1/s1. The van der Waals surface area contributed by atoms with E-state index < -0.39 is 47.5 Å². The fourth-order valence-corrected chi connectivity index (χ4v) is 6.15. The predicted molar refractivity (Wildman–Crippen MR) is 125 cm³/mol. The van der Waals surface area contributed by atoms with Gasteiger partial charge in [0.05, 0.1) is 30.6 Å². The van der Waals surface area contributed by atoms with Crippen molar-refractivity contribution < 1.29 is 29.3 Å². The van der Waals surface area contributed by atoms with Crippen molar-refractivity contribution in [1.82, 2.24) is 9.80 Å². The zero-order valence-electron chi connectivity index (χ0n) is 19.6. The van der Waals surface area contributed by atoms with Crippen molar-refractivity contribution in [3.05, 3.63) is 48.6 Å². The number of hydrogen-bond acceptors (Lipinski definition) is 5. The molecule has 0 aliphatic carbocycles. The number of aliphatic carboxylic acids is 1. The van der Waals surface area contributed by atoms with Crippen LogP contribution in [0, 0.1) is 11.8 Å². The van der Waals surface area contributed by atoms with Crippen molar-refractivity contribution in [3.8, 4) is 0 Å². The van der Waals surface area contributed by atoms with Crippen LogP contribution in [-0.4, -0.2) is 81.3 Å². The quantitative estimate of drug-likeness (QED) is 0.478. The Morgan fingerprint density at radius 2 is 2.09 bits per heavy atom. The van der Waals surface area contributed by atoms with E-state index in [1.165, 1.54) is 4.90 Å². The summed E-state index contributed by atoms with van der Waals surface area (Å²) in [7, 11) is 0. The number of hydrogen-bond donors (Lipinski definition) is 2. The van der Waals surface area contributed by atoms with Gasteiger partial charge in [0.1, 0.15) is 11.6 Å².